The number of nitrogens with two attached hydrogens (primary N) is 1. The summed E-state index contributed by atoms with van der Waals surface area (Å²) in [5.74, 6) is 0.322. The van der Waals surface area contributed by atoms with Crippen LogP contribution < -0.4 is 15.8 Å². The normalized spacial score (nSPS) is 10.1. The van der Waals surface area contributed by atoms with E-state index in [1.807, 2.05) is 6.92 Å². The maximum absolute atomic E-state index is 12.1. The molecule has 0 fully saturated rings. The van der Waals surface area contributed by atoms with E-state index in [9.17, 15) is 4.79 Å². The molecule has 0 saturated heterocycles. The van der Waals surface area contributed by atoms with Crippen LogP contribution in [0.3, 0.4) is 0 Å². The quantitative estimate of drug-likeness (QED) is 0.846. The van der Waals surface area contributed by atoms with Crippen molar-refractivity contribution < 1.29 is 9.53 Å². The van der Waals surface area contributed by atoms with Gasteiger partial charge in [-0.2, -0.15) is 0 Å². The third kappa shape index (κ3) is 3.22. The highest BCUT2D eigenvalue weighted by Crippen LogP contribution is 2.26. The summed E-state index contributed by atoms with van der Waals surface area (Å²) >= 11 is 5.98. The highest BCUT2D eigenvalue weighted by atomic mass is 35.5. The molecule has 0 spiro atoms. The average molecular weight is 291 g/mol. The average Bonchev–Trinajstić information content (AvgIpc) is 2.42. The molecule has 0 unspecified atom stereocenters. The van der Waals surface area contributed by atoms with Gasteiger partial charge < -0.3 is 15.8 Å². The molecule has 3 N–H and O–H groups in total. The van der Waals surface area contributed by atoms with Gasteiger partial charge in [0.05, 0.1) is 22.9 Å². The number of halogens is 1. The summed E-state index contributed by atoms with van der Waals surface area (Å²) in [5, 5.41) is 3.16. The third-order valence-corrected chi connectivity index (χ3v) is 3.02. The Balaban J connectivity index is 2.16. The lowest BCUT2D eigenvalue weighted by Gasteiger charge is -2.10. The zero-order valence-electron chi connectivity index (χ0n) is 11.0. The van der Waals surface area contributed by atoms with Gasteiger partial charge in [-0.15, -0.1) is 0 Å². The summed E-state index contributed by atoms with van der Waals surface area (Å²) < 4.78 is 5.34. The molecule has 0 aliphatic heterocycles. The Labute approximate surface area is 122 Å². The first-order valence-electron chi connectivity index (χ1n) is 6.20. The molecule has 2 aromatic rings. The predicted octanol–water partition coefficient (Wildman–Crippen LogP) is 3.57. The molecule has 1 amide bonds. The molecule has 0 radical (unpaired) electrons. The van der Waals surface area contributed by atoms with Crippen molar-refractivity contribution in [1.82, 2.24) is 0 Å². The van der Waals surface area contributed by atoms with Crippen molar-refractivity contribution in [2.24, 2.45) is 0 Å². The second kappa shape index (κ2) is 6.30. The first-order chi connectivity index (χ1) is 9.61. The van der Waals surface area contributed by atoms with Crippen LogP contribution in [0, 0.1) is 0 Å². The zero-order valence-corrected chi connectivity index (χ0v) is 11.8. The first kappa shape index (κ1) is 14.2. The number of anilines is 2. The van der Waals surface area contributed by atoms with Crippen molar-refractivity contribution in [3.8, 4) is 5.75 Å². The smallest absolute Gasteiger partial charge is 0.257 e. The number of carbonyl (C=O) groups is 1. The fourth-order valence-electron chi connectivity index (χ4n) is 1.76. The van der Waals surface area contributed by atoms with Gasteiger partial charge in [0.15, 0.2) is 0 Å². The first-order valence-corrected chi connectivity index (χ1v) is 6.58. The van der Waals surface area contributed by atoms with Gasteiger partial charge in [0, 0.05) is 5.69 Å². The number of nitrogen functional groups attached to an aromatic ring is 1. The Morgan fingerprint density at radius 2 is 2.05 bits per heavy atom. The zero-order chi connectivity index (χ0) is 14.5. The Morgan fingerprint density at radius 3 is 2.70 bits per heavy atom. The highest BCUT2D eigenvalue weighted by molar-refractivity contribution is 6.34. The predicted molar refractivity (Wildman–Crippen MR) is 81.4 cm³/mol. The molecule has 2 aromatic carbocycles. The Hall–Kier alpha value is -2.20. The topological polar surface area (TPSA) is 64.3 Å². The molecule has 104 valence electrons. The molecule has 20 heavy (non-hydrogen) atoms. The van der Waals surface area contributed by atoms with Crippen molar-refractivity contribution in [3.05, 3.63) is 53.1 Å². The molecule has 0 aromatic heterocycles. The second-order valence-corrected chi connectivity index (χ2v) is 4.53. The molecule has 5 heteroatoms. The number of hydrogen-bond donors (Lipinski definition) is 2. The molecule has 4 nitrogen and oxygen atoms in total. The standard InChI is InChI=1S/C15H15ClN2O2/c1-2-20-14-8-7-10(9-13(14)17)18-15(19)11-5-3-4-6-12(11)16/h3-9H,2,17H2,1H3,(H,18,19). The molecular formula is C15H15ClN2O2. The molecule has 0 heterocycles. The van der Waals surface area contributed by atoms with Crippen molar-refractivity contribution in [3.63, 3.8) is 0 Å². The highest BCUT2D eigenvalue weighted by Gasteiger charge is 2.10. The molecule has 0 bridgehead atoms. The van der Waals surface area contributed by atoms with Crippen molar-refractivity contribution in [2.45, 2.75) is 6.92 Å². The Kier molecular flexibility index (Phi) is 4.48. The minimum Gasteiger partial charge on any atom is -0.492 e. The van der Waals surface area contributed by atoms with E-state index >= 15 is 0 Å². The fraction of sp³-hybridized carbons (Fsp3) is 0.133. The van der Waals surface area contributed by atoms with Gasteiger partial charge in [0.2, 0.25) is 0 Å². The monoisotopic (exact) mass is 290 g/mol. The number of carbonyl (C=O) groups excluding carboxylic acids is 1. The lowest BCUT2D eigenvalue weighted by atomic mass is 10.2. The van der Waals surface area contributed by atoms with Gasteiger partial charge in [-0.05, 0) is 37.3 Å². The lowest BCUT2D eigenvalue weighted by molar-refractivity contribution is 0.102. The SMILES string of the molecule is CCOc1ccc(NC(=O)c2ccccc2Cl)cc1N. The van der Waals surface area contributed by atoms with Crippen LogP contribution in [-0.2, 0) is 0 Å². The number of amides is 1. The number of benzene rings is 2. The number of ether oxygens (including phenoxy) is 1. The Bertz CT molecular complexity index is 629. The van der Waals surface area contributed by atoms with E-state index in [0.29, 0.717) is 34.3 Å². The van der Waals surface area contributed by atoms with E-state index in [2.05, 4.69) is 5.32 Å². The van der Waals surface area contributed by atoms with Crippen LogP contribution in [0.5, 0.6) is 5.75 Å². The van der Waals surface area contributed by atoms with Crippen molar-refractivity contribution in [2.75, 3.05) is 17.7 Å². The fourth-order valence-corrected chi connectivity index (χ4v) is 1.98. The van der Waals surface area contributed by atoms with Gasteiger partial charge in [-0.25, -0.2) is 0 Å². The van der Waals surface area contributed by atoms with Crippen LogP contribution in [-0.4, -0.2) is 12.5 Å². The summed E-state index contributed by atoms with van der Waals surface area (Å²) in [7, 11) is 0. The van der Waals surface area contributed by atoms with Crippen LogP contribution in [0.25, 0.3) is 0 Å². The van der Waals surface area contributed by atoms with Crippen LogP contribution in [0.2, 0.25) is 5.02 Å². The van der Waals surface area contributed by atoms with Crippen molar-refractivity contribution in [1.29, 1.82) is 0 Å². The summed E-state index contributed by atoms with van der Waals surface area (Å²) in [6.45, 7) is 2.42. The third-order valence-electron chi connectivity index (χ3n) is 2.69. The molecular weight excluding hydrogens is 276 g/mol. The van der Waals surface area contributed by atoms with Crippen LogP contribution in [0.15, 0.2) is 42.5 Å². The van der Waals surface area contributed by atoms with Crippen LogP contribution in [0.1, 0.15) is 17.3 Å². The van der Waals surface area contributed by atoms with Gasteiger partial charge in [0.1, 0.15) is 5.75 Å². The van der Waals surface area contributed by atoms with Gasteiger partial charge in [0.25, 0.3) is 5.91 Å². The van der Waals surface area contributed by atoms with Gasteiger partial charge in [-0.1, -0.05) is 23.7 Å². The minimum absolute atomic E-state index is 0.279. The van der Waals surface area contributed by atoms with E-state index in [0.717, 1.165) is 0 Å². The van der Waals surface area contributed by atoms with E-state index < -0.39 is 0 Å². The van der Waals surface area contributed by atoms with Gasteiger partial charge >= 0.3 is 0 Å². The largest absolute Gasteiger partial charge is 0.492 e. The number of rotatable bonds is 4. The van der Waals surface area contributed by atoms with Gasteiger partial charge in [-0.3, -0.25) is 4.79 Å². The van der Waals surface area contributed by atoms with E-state index in [1.54, 1.807) is 42.5 Å². The molecule has 0 aliphatic carbocycles. The summed E-state index contributed by atoms with van der Waals surface area (Å²) in [6, 6.07) is 12.0. The molecule has 0 aliphatic rings. The maximum Gasteiger partial charge on any atom is 0.257 e. The Morgan fingerprint density at radius 1 is 1.30 bits per heavy atom. The summed E-state index contributed by atoms with van der Waals surface area (Å²) in [4.78, 5) is 12.1. The van der Waals surface area contributed by atoms with E-state index in [1.165, 1.54) is 0 Å². The lowest BCUT2D eigenvalue weighted by Crippen LogP contribution is -2.12. The van der Waals surface area contributed by atoms with Crippen LogP contribution >= 0.6 is 11.6 Å². The number of hydrogen-bond acceptors (Lipinski definition) is 3. The molecule has 2 rings (SSSR count). The second-order valence-electron chi connectivity index (χ2n) is 4.12. The minimum atomic E-state index is -0.279. The van der Waals surface area contributed by atoms with Crippen molar-refractivity contribution >= 4 is 28.9 Å². The number of nitrogens with one attached hydrogen (secondary N) is 1. The maximum atomic E-state index is 12.1. The molecule has 0 atom stereocenters. The van der Waals surface area contributed by atoms with Crippen LogP contribution in [0.4, 0.5) is 11.4 Å². The summed E-state index contributed by atoms with van der Waals surface area (Å²) in [6.07, 6.45) is 0. The summed E-state index contributed by atoms with van der Waals surface area (Å²) in [5.41, 5.74) is 7.34. The van der Waals surface area contributed by atoms with E-state index in [4.69, 9.17) is 22.1 Å². The molecule has 0 saturated carbocycles. The van der Waals surface area contributed by atoms with E-state index in [-0.39, 0.29) is 5.91 Å².